The van der Waals surface area contributed by atoms with E-state index in [9.17, 15) is 14.4 Å². The fourth-order valence-electron chi connectivity index (χ4n) is 5.74. The number of hydrogen-bond acceptors (Lipinski definition) is 6. The monoisotopic (exact) mass is 483 g/mol. The van der Waals surface area contributed by atoms with Gasteiger partial charge in [-0.3, -0.25) is 29.6 Å². The molecule has 6 rings (SSSR count). The Kier molecular flexibility index (Phi) is 5.68. The number of benzene rings is 2. The topological polar surface area (TPSA) is 94.6 Å². The number of carbonyl (C=O) groups is 3. The van der Waals surface area contributed by atoms with Gasteiger partial charge >= 0.3 is 0 Å². The first kappa shape index (κ1) is 22.7. The van der Waals surface area contributed by atoms with Gasteiger partial charge in [0.05, 0.1) is 5.52 Å². The number of hydrogen-bond donors (Lipinski definition) is 2. The highest BCUT2D eigenvalue weighted by Crippen LogP contribution is 2.31. The summed E-state index contributed by atoms with van der Waals surface area (Å²) in [6.45, 7) is 4.49. The third kappa shape index (κ3) is 4.11. The minimum absolute atomic E-state index is 0.143. The van der Waals surface area contributed by atoms with Crippen molar-refractivity contribution in [1.29, 1.82) is 0 Å². The molecule has 0 radical (unpaired) electrons. The van der Waals surface area contributed by atoms with E-state index in [1.54, 1.807) is 4.90 Å². The zero-order valence-corrected chi connectivity index (χ0v) is 20.2. The van der Waals surface area contributed by atoms with Gasteiger partial charge in [-0.1, -0.05) is 18.2 Å². The quantitative estimate of drug-likeness (QED) is 0.542. The second-order valence-corrected chi connectivity index (χ2v) is 10.1. The van der Waals surface area contributed by atoms with Gasteiger partial charge in [-0.2, -0.15) is 0 Å². The maximum atomic E-state index is 13.0. The Morgan fingerprint density at radius 3 is 2.81 bits per heavy atom. The zero-order valence-electron chi connectivity index (χ0n) is 20.2. The Morgan fingerprint density at radius 2 is 1.94 bits per heavy atom. The van der Waals surface area contributed by atoms with E-state index >= 15 is 0 Å². The molecule has 4 heterocycles. The minimum Gasteiger partial charge on any atom is -0.381 e. The van der Waals surface area contributed by atoms with E-state index in [0.29, 0.717) is 30.6 Å². The molecule has 184 valence electrons. The van der Waals surface area contributed by atoms with E-state index in [4.69, 9.17) is 0 Å². The van der Waals surface area contributed by atoms with E-state index in [1.165, 1.54) is 5.56 Å². The van der Waals surface area contributed by atoms with Crippen molar-refractivity contribution < 1.29 is 14.4 Å². The minimum atomic E-state index is -0.591. The Hall–Kier alpha value is -3.78. The van der Waals surface area contributed by atoms with E-state index in [1.807, 2.05) is 42.6 Å². The van der Waals surface area contributed by atoms with Crippen molar-refractivity contribution >= 4 is 34.3 Å². The molecule has 2 saturated heterocycles. The third-order valence-electron chi connectivity index (χ3n) is 7.79. The Labute approximate surface area is 209 Å². The predicted octanol–water partition coefficient (Wildman–Crippen LogP) is 3.07. The van der Waals surface area contributed by atoms with Gasteiger partial charge in [0.25, 0.3) is 5.91 Å². The van der Waals surface area contributed by atoms with E-state index in [-0.39, 0.29) is 24.1 Å². The molecule has 0 spiro atoms. The first-order chi connectivity index (χ1) is 17.5. The van der Waals surface area contributed by atoms with E-state index in [2.05, 4.69) is 39.6 Å². The number of likely N-dealkylation sites (tertiary alicyclic amines) is 1. The van der Waals surface area contributed by atoms with Crippen LogP contribution in [0, 0.1) is 0 Å². The van der Waals surface area contributed by atoms with Crippen molar-refractivity contribution in [2.45, 2.75) is 57.4 Å². The molecule has 1 aromatic heterocycles. The standard InChI is InChI=1S/C28H29N5O3/c1-17-23(10-11-32(17)15-18-12-19-4-2-3-5-24(19)29-14-18)30-21-6-7-22-20(13-21)16-33(28(22)36)25-8-9-26(34)31-27(25)35/h2-7,12-14,17,23,25,30H,8-11,15-16H2,1H3,(H,31,34,35)/t17?,23-,25?/m0/s1. The molecule has 3 aromatic rings. The lowest BCUT2D eigenvalue weighted by Gasteiger charge is -2.29. The molecular weight excluding hydrogens is 454 g/mol. The van der Waals surface area contributed by atoms with Gasteiger partial charge in [-0.25, -0.2) is 0 Å². The number of fused-ring (bicyclic) bond motifs is 2. The average molecular weight is 484 g/mol. The van der Waals surface area contributed by atoms with Crippen LogP contribution < -0.4 is 10.6 Å². The van der Waals surface area contributed by atoms with Gasteiger partial charge in [0, 0.05) is 61.0 Å². The first-order valence-corrected chi connectivity index (χ1v) is 12.6. The molecular formula is C28H29N5O3. The molecule has 3 aliphatic rings. The molecule has 2 N–H and O–H groups in total. The Bertz CT molecular complexity index is 1370. The number of nitrogens with one attached hydrogen (secondary N) is 2. The highest BCUT2D eigenvalue weighted by atomic mass is 16.2. The van der Waals surface area contributed by atoms with Crippen LogP contribution in [0.4, 0.5) is 5.69 Å². The number of anilines is 1. The van der Waals surface area contributed by atoms with Crippen molar-refractivity contribution in [2.24, 2.45) is 0 Å². The van der Waals surface area contributed by atoms with Gasteiger partial charge in [0.1, 0.15) is 6.04 Å². The van der Waals surface area contributed by atoms with Gasteiger partial charge in [-0.15, -0.1) is 0 Å². The van der Waals surface area contributed by atoms with Crippen LogP contribution in [0.2, 0.25) is 0 Å². The fourth-order valence-corrected chi connectivity index (χ4v) is 5.74. The third-order valence-corrected chi connectivity index (χ3v) is 7.79. The second-order valence-electron chi connectivity index (χ2n) is 10.1. The predicted molar refractivity (Wildman–Crippen MR) is 136 cm³/mol. The molecule has 2 unspecified atom stereocenters. The summed E-state index contributed by atoms with van der Waals surface area (Å²) in [5.41, 5.74) is 4.76. The van der Waals surface area contributed by atoms with Crippen LogP contribution in [0.15, 0.2) is 54.7 Å². The summed E-state index contributed by atoms with van der Waals surface area (Å²) in [7, 11) is 0. The van der Waals surface area contributed by atoms with Crippen molar-refractivity contribution in [1.82, 2.24) is 20.1 Å². The van der Waals surface area contributed by atoms with Crippen molar-refractivity contribution in [3.05, 3.63) is 71.4 Å². The van der Waals surface area contributed by atoms with Crippen molar-refractivity contribution in [3.63, 3.8) is 0 Å². The SMILES string of the molecule is CC1[C@@H](Nc2ccc3c(c2)CN(C2CCC(=O)NC2=O)C3=O)CCN1Cc1cnc2ccccc2c1. The molecule has 0 saturated carbocycles. The lowest BCUT2D eigenvalue weighted by molar-refractivity contribution is -0.136. The summed E-state index contributed by atoms with van der Waals surface area (Å²) in [5.74, 6) is -0.800. The van der Waals surface area contributed by atoms with Crippen LogP contribution in [-0.4, -0.2) is 57.2 Å². The Balaban J connectivity index is 1.11. The summed E-state index contributed by atoms with van der Waals surface area (Å²) < 4.78 is 0. The maximum absolute atomic E-state index is 13.0. The largest absolute Gasteiger partial charge is 0.381 e. The lowest BCUT2D eigenvalue weighted by atomic mass is 10.0. The van der Waals surface area contributed by atoms with Crippen LogP contribution in [0.25, 0.3) is 10.9 Å². The number of carbonyl (C=O) groups excluding carboxylic acids is 3. The fraction of sp³-hybridized carbons (Fsp3) is 0.357. The van der Waals surface area contributed by atoms with Gasteiger partial charge in [0.15, 0.2) is 0 Å². The molecule has 0 aliphatic carbocycles. The number of rotatable bonds is 5. The van der Waals surface area contributed by atoms with Crippen LogP contribution in [-0.2, 0) is 22.7 Å². The van der Waals surface area contributed by atoms with Crippen LogP contribution >= 0.6 is 0 Å². The Morgan fingerprint density at radius 1 is 1.08 bits per heavy atom. The summed E-state index contributed by atoms with van der Waals surface area (Å²) in [6.07, 6.45) is 3.63. The van der Waals surface area contributed by atoms with E-state index in [0.717, 1.165) is 41.7 Å². The molecule has 3 aliphatic heterocycles. The number of amides is 3. The molecule has 2 fully saturated rings. The molecule has 8 heteroatoms. The molecule has 3 atom stereocenters. The van der Waals surface area contributed by atoms with Crippen LogP contribution in [0.5, 0.6) is 0 Å². The number of para-hydroxylation sites is 1. The summed E-state index contributed by atoms with van der Waals surface area (Å²) in [4.78, 5) is 45.4. The van der Waals surface area contributed by atoms with Gasteiger partial charge in [-0.05, 0) is 61.2 Å². The summed E-state index contributed by atoms with van der Waals surface area (Å²) in [6, 6.07) is 16.3. The molecule has 0 bridgehead atoms. The molecule has 3 amide bonds. The van der Waals surface area contributed by atoms with Crippen molar-refractivity contribution in [3.8, 4) is 0 Å². The van der Waals surface area contributed by atoms with Crippen LogP contribution in [0.1, 0.15) is 47.7 Å². The molecule has 2 aromatic carbocycles. The van der Waals surface area contributed by atoms with Crippen molar-refractivity contribution in [2.75, 3.05) is 11.9 Å². The number of imide groups is 1. The smallest absolute Gasteiger partial charge is 0.255 e. The summed E-state index contributed by atoms with van der Waals surface area (Å²) in [5, 5.41) is 7.20. The molecule has 36 heavy (non-hydrogen) atoms. The maximum Gasteiger partial charge on any atom is 0.255 e. The van der Waals surface area contributed by atoms with Gasteiger partial charge < -0.3 is 10.2 Å². The van der Waals surface area contributed by atoms with E-state index < -0.39 is 6.04 Å². The zero-order chi connectivity index (χ0) is 24.8. The lowest BCUT2D eigenvalue weighted by Crippen LogP contribution is -2.52. The number of pyridine rings is 1. The second kappa shape index (κ2) is 9.02. The summed E-state index contributed by atoms with van der Waals surface area (Å²) >= 11 is 0. The average Bonchev–Trinajstić information content (AvgIpc) is 3.38. The highest BCUT2D eigenvalue weighted by molar-refractivity contribution is 6.05. The normalized spacial score (nSPS) is 24.3. The first-order valence-electron chi connectivity index (χ1n) is 12.6. The van der Waals surface area contributed by atoms with Crippen LogP contribution in [0.3, 0.4) is 0 Å². The highest BCUT2D eigenvalue weighted by Gasteiger charge is 2.39. The van der Waals surface area contributed by atoms with Gasteiger partial charge in [0.2, 0.25) is 11.8 Å². The number of piperidine rings is 1. The number of nitrogens with zero attached hydrogens (tertiary/aromatic N) is 3. The number of aromatic nitrogens is 1. The molecule has 8 nitrogen and oxygen atoms in total.